The van der Waals surface area contributed by atoms with Crippen LogP contribution in [0.15, 0.2) is 78.0 Å². The van der Waals surface area contributed by atoms with Gasteiger partial charge in [0.2, 0.25) is 0 Å². The van der Waals surface area contributed by atoms with Gasteiger partial charge in [-0.05, 0) is 48.9 Å². The number of hydrogen-bond donors (Lipinski definition) is 0. The molecule has 0 N–H and O–H groups in total. The van der Waals surface area contributed by atoms with E-state index in [9.17, 15) is 4.79 Å². The molecule has 0 saturated heterocycles. The molecule has 0 radical (unpaired) electrons. The number of nitrogens with zero attached hydrogens (tertiary/aromatic N) is 1. The summed E-state index contributed by atoms with van der Waals surface area (Å²) in [5.74, 6) is 1.58. The third-order valence-corrected chi connectivity index (χ3v) is 5.04. The molecule has 0 aliphatic rings. The van der Waals surface area contributed by atoms with E-state index in [-0.39, 0.29) is 5.78 Å². The molecule has 3 nitrogen and oxygen atoms in total. The Hall–Kier alpha value is -2.85. The Morgan fingerprint density at radius 2 is 2.00 bits per heavy atom. The number of rotatable bonds is 7. The highest BCUT2D eigenvalue weighted by Gasteiger charge is 2.06. The minimum absolute atomic E-state index is 0.000992. The molecular formula is C23H21NO2S. The topological polar surface area (TPSA) is 39.2 Å². The molecule has 136 valence electrons. The molecule has 1 heterocycles. The fourth-order valence-electron chi connectivity index (χ4n) is 2.67. The molecule has 0 aliphatic heterocycles. The third kappa shape index (κ3) is 5.31. The van der Waals surface area contributed by atoms with Gasteiger partial charge in [0.1, 0.15) is 5.75 Å². The maximum Gasteiger partial charge on any atom is 0.185 e. The van der Waals surface area contributed by atoms with Gasteiger partial charge < -0.3 is 4.74 Å². The summed E-state index contributed by atoms with van der Waals surface area (Å²) in [4.78, 5) is 16.7. The van der Waals surface area contributed by atoms with Crippen LogP contribution in [-0.2, 0) is 5.75 Å². The zero-order valence-electron chi connectivity index (χ0n) is 15.4. The van der Waals surface area contributed by atoms with Crippen LogP contribution in [0.25, 0.3) is 6.08 Å². The summed E-state index contributed by atoms with van der Waals surface area (Å²) < 4.78 is 5.47. The molecule has 3 rings (SSSR count). The average molecular weight is 375 g/mol. The molecule has 0 fully saturated rings. The molecule has 27 heavy (non-hydrogen) atoms. The second-order valence-electron chi connectivity index (χ2n) is 6.09. The van der Waals surface area contributed by atoms with Crippen LogP contribution in [0.2, 0.25) is 0 Å². The predicted molar refractivity (Wildman–Crippen MR) is 111 cm³/mol. The van der Waals surface area contributed by atoms with Gasteiger partial charge in [0.05, 0.1) is 12.1 Å². The van der Waals surface area contributed by atoms with E-state index in [2.05, 4.69) is 11.1 Å². The lowest BCUT2D eigenvalue weighted by molar-refractivity contribution is 0.104. The van der Waals surface area contributed by atoms with Crippen LogP contribution in [0.3, 0.4) is 0 Å². The second kappa shape index (κ2) is 9.19. The van der Waals surface area contributed by atoms with Gasteiger partial charge in [-0.25, -0.2) is 4.98 Å². The van der Waals surface area contributed by atoms with Crippen molar-refractivity contribution in [3.05, 3.63) is 95.2 Å². The van der Waals surface area contributed by atoms with Crippen LogP contribution >= 0.6 is 11.8 Å². The third-order valence-electron chi connectivity index (χ3n) is 4.05. The highest BCUT2D eigenvalue weighted by Crippen LogP contribution is 2.28. The molecule has 4 heteroatoms. The smallest absolute Gasteiger partial charge is 0.185 e. The summed E-state index contributed by atoms with van der Waals surface area (Å²) in [6.45, 7) is 1.98. The molecule has 1 aromatic heterocycles. The maximum absolute atomic E-state index is 12.4. The fourth-order valence-corrected chi connectivity index (χ4v) is 3.50. The maximum atomic E-state index is 12.4. The van der Waals surface area contributed by atoms with E-state index in [1.807, 2.05) is 67.6 Å². The first-order valence-electron chi connectivity index (χ1n) is 8.65. The van der Waals surface area contributed by atoms with Gasteiger partial charge in [0.25, 0.3) is 0 Å². The molecule has 0 saturated carbocycles. The molecule has 0 atom stereocenters. The number of pyridine rings is 1. The van der Waals surface area contributed by atoms with E-state index in [1.54, 1.807) is 31.1 Å². The van der Waals surface area contributed by atoms with Gasteiger partial charge in [0.15, 0.2) is 5.78 Å². The van der Waals surface area contributed by atoms with E-state index in [1.165, 1.54) is 0 Å². The number of methoxy groups -OCH3 is 1. The quantitative estimate of drug-likeness (QED) is 0.307. The number of aromatic nitrogens is 1. The SMILES string of the molecule is COc1ccc(/C=C/C(=O)c2cccc(C)c2)cc1CSc1ccccn1. The first kappa shape index (κ1) is 18.9. The number of carbonyl (C=O) groups is 1. The van der Waals surface area contributed by atoms with E-state index < -0.39 is 0 Å². The van der Waals surface area contributed by atoms with Crippen molar-refractivity contribution in [3.8, 4) is 5.75 Å². The van der Waals surface area contributed by atoms with Gasteiger partial charge in [0, 0.05) is 23.1 Å². The Balaban J connectivity index is 1.75. The van der Waals surface area contributed by atoms with Crippen molar-refractivity contribution in [2.75, 3.05) is 7.11 Å². The molecule has 0 amide bonds. The number of carbonyl (C=O) groups excluding carboxylic acids is 1. The van der Waals surface area contributed by atoms with E-state index >= 15 is 0 Å². The molecule has 2 aromatic carbocycles. The van der Waals surface area contributed by atoms with Crippen LogP contribution in [0.4, 0.5) is 0 Å². The summed E-state index contributed by atoms with van der Waals surface area (Å²) in [5.41, 5.74) is 3.81. The van der Waals surface area contributed by atoms with E-state index in [4.69, 9.17) is 4.74 Å². The Kier molecular flexibility index (Phi) is 6.44. The summed E-state index contributed by atoms with van der Waals surface area (Å²) in [6, 6.07) is 19.4. The van der Waals surface area contributed by atoms with Gasteiger partial charge in [-0.15, -0.1) is 11.8 Å². The monoisotopic (exact) mass is 375 g/mol. The van der Waals surface area contributed by atoms with Gasteiger partial charge >= 0.3 is 0 Å². The number of benzene rings is 2. The van der Waals surface area contributed by atoms with Crippen molar-refractivity contribution in [3.63, 3.8) is 0 Å². The number of ether oxygens (including phenoxy) is 1. The summed E-state index contributed by atoms with van der Waals surface area (Å²) in [7, 11) is 1.67. The Bertz CT molecular complexity index is 952. The Morgan fingerprint density at radius 1 is 1.11 bits per heavy atom. The molecule has 0 aliphatic carbocycles. The van der Waals surface area contributed by atoms with Crippen molar-refractivity contribution < 1.29 is 9.53 Å². The first-order chi connectivity index (χ1) is 13.2. The number of ketones is 1. The van der Waals surface area contributed by atoms with Crippen molar-refractivity contribution in [2.24, 2.45) is 0 Å². The minimum atomic E-state index is -0.000992. The van der Waals surface area contributed by atoms with Crippen LogP contribution in [0.5, 0.6) is 5.75 Å². The molecule has 0 unspecified atom stereocenters. The van der Waals surface area contributed by atoms with Crippen molar-refractivity contribution >= 4 is 23.6 Å². The Morgan fingerprint density at radius 3 is 2.74 bits per heavy atom. The second-order valence-corrected chi connectivity index (χ2v) is 7.09. The van der Waals surface area contributed by atoms with Gasteiger partial charge in [-0.2, -0.15) is 0 Å². The van der Waals surface area contributed by atoms with Crippen molar-refractivity contribution in [1.82, 2.24) is 4.98 Å². The average Bonchev–Trinajstić information content (AvgIpc) is 2.71. The lowest BCUT2D eigenvalue weighted by Crippen LogP contribution is -1.95. The number of allylic oxidation sites excluding steroid dienone is 1. The van der Waals surface area contributed by atoms with Crippen LogP contribution in [-0.4, -0.2) is 17.9 Å². The van der Waals surface area contributed by atoms with Crippen LogP contribution in [0, 0.1) is 6.92 Å². The zero-order valence-corrected chi connectivity index (χ0v) is 16.2. The lowest BCUT2D eigenvalue weighted by atomic mass is 10.1. The number of aryl methyl sites for hydroxylation is 1. The van der Waals surface area contributed by atoms with Crippen molar-refractivity contribution in [2.45, 2.75) is 17.7 Å². The number of thioether (sulfide) groups is 1. The standard InChI is InChI=1S/C23H21NO2S/c1-17-6-5-7-19(14-17)21(25)11-9-18-10-12-22(26-2)20(15-18)16-27-23-8-3-4-13-24-23/h3-15H,16H2,1-2H3/b11-9+. The summed E-state index contributed by atoms with van der Waals surface area (Å²) in [5, 5.41) is 0.968. The zero-order chi connectivity index (χ0) is 19.1. The van der Waals surface area contributed by atoms with Gasteiger partial charge in [-0.3, -0.25) is 4.79 Å². The van der Waals surface area contributed by atoms with Crippen LogP contribution < -0.4 is 4.74 Å². The van der Waals surface area contributed by atoms with Crippen LogP contribution in [0.1, 0.15) is 27.0 Å². The molecule has 3 aromatic rings. The van der Waals surface area contributed by atoms with E-state index in [0.717, 1.165) is 33.2 Å². The summed E-state index contributed by atoms with van der Waals surface area (Å²) in [6.07, 6.45) is 5.25. The van der Waals surface area contributed by atoms with Crippen molar-refractivity contribution in [1.29, 1.82) is 0 Å². The lowest BCUT2D eigenvalue weighted by Gasteiger charge is -2.09. The highest BCUT2D eigenvalue weighted by atomic mass is 32.2. The van der Waals surface area contributed by atoms with E-state index in [0.29, 0.717) is 5.56 Å². The normalized spacial score (nSPS) is 10.9. The minimum Gasteiger partial charge on any atom is -0.496 e. The number of hydrogen-bond acceptors (Lipinski definition) is 4. The predicted octanol–water partition coefficient (Wildman–Crippen LogP) is 5.59. The Labute approximate surface area is 164 Å². The molecular weight excluding hydrogens is 354 g/mol. The highest BCUT2D eigenvalue weighted by molar-refractivity contribution is 7.98. The summed E-state index contributed by atoms with van der Waals surface area (Å²) >= 11 is 1.65. The fraction of sp³-hybridized carbons (Fsp3) is 0.130. The first-order valence-corrected chi connectivity index (χ1v) is 9.64. The largest absolute Gasteiger partial charge is 0.496 e. The van der Waals surface area contributed by atoms with Gasteiger partial charge in [-0.1, -0.05) is 42.0 Å². The molecule has 0 bridgehead atoms. The molecule has 0 spiro atoms.